The molecule has 0 spiro atoms. The summed E-state index contributed by atoms with van der Waals surface area (Å²) in [6, 6.07) is 18.2. The molecule has 7 rings (SSSR count). The van der Waals surface area contributed by atoms with Gasteiger partial charge in [-0.25, -0.2) is 67.3 Å². The number of carbonyl (C=O) groups is 6. The van der Waals surface area contributed by atoms with E-state index in [0.29, 0.717) is 18.0 Å². The number of aliphatic imine (C=N–C) groups is 1. The Balaban J connectivity index is -0.0000000473. The Hall–Kier alpha value is -9.74. The van der Waals surface area contributed by atoms with Crippen LogP contribution in [0.25, 0.3) is 0 Å². The number of rotatable bonds is 7. The van der Waals surface area contributed by atoms with Crippen LogP contribution in [0.2, 0.25) is 17.4 Å². The molecule has 0 bridgehead atoms. The molecule has 1 aliphatic heterocycles. The molecule has 0 aliphatic carbocycles. The standard InChI is InChI=1S/C13H13BrN4O2.C7H7N3O2.C6H6BrN.C5H6N2O3.C5H10N2O2.C5H8O3.C4H4N2O3.C4H8O.C3H6N2O2.C2H3N.C2H2O4.2C2H6.7CH4.3CH3.Al.2B.FH.K.H4N2.H2O.H2/c1-7-11(19)10(13(20)18(2)17-7)12(15)16-9-6-4-3-5-8(9)14;1-4-6(11)5(3-8)7(12)10(2)9-4;7-5-3-1-2-4-6(5)8;1-3-4(8)10-5(9)7(2)6-3;1-3-9-5(8)4(2)7-6;1-3-8-5(7)4(2)6;1-2-3(7)9-4(8)6-5-2;1-2-4-5-3-1;1-2(5-4)3(6)7;1-2-3;3-1(4)2(5)6;2*1-2;;;;;;;;;;;;;;;;1-2;;/h3-6,19H,1-2H3,(H2,15,16);11H,1-2H3;1-4H,8H2;1-2H3;3,6H2,1-2H3;3H2,1-2H3;1H3,(H,6,8);1-4H2;4H2,1H3,(H,6,7);1H3;(H,3,4)(H,5,6);2*1-2H3;7*1H4;3*1H3;;;;1H;;1-2H2;1H2;1H/q;;;;;;;;;;;;;;;;;;;;;;;;;;;+1;;;/p-1/b;;;;7-4-;;;;5-2-;;;;;;;;;;;;;;;;;;;;;;/i;;;;;;;;;;;;;;;;;;;;;;;;;;;;;;1+1. The van der Waals surface area contributed by atoms with Gasteiger partial charge in [0.1, 0.15) is 51.7 Å². The first-order valence-corrected chi connectivity index (χ1v) is 35.9. The molecule has 19 N–H and O–H groups in total. The fourth-order valence-electron chi connectivity index (χ4n) is 5.03. The number of aliphatic carboxylic acids is 3. The molecule has 49 heteroatoms. The van der Waals surface area contributed by atoms with Crippen molar-refractivity contribution in [1.29, 1.82) is 10.5 Å². The van der Waals surface area contributed by atoms with Crippen LogP contribution in [-0.2, 0) is 64.1 Å². The zero-order valence-electron chi connectivity index (χ0n) is 66.2. The summed E-state index contributed by atoms with van der Waals surface area (Å²) in [7, 11) is 4.33. The molecule has 0 unspecified atom stereocenters. The third-order valence-corrected chi connectivity index (χ3v) is 11.2. The average molecular weight is 1870 g/mol. The number of carboxylic acid groups (broad SMARTS) is 3. The zero-order valence-corrected chi connectivity index (χ0v) is 73.7. The number of hydrazone groups is 2. The van der Waals surface area contributed by atoms with E-state index in [1.54, 1.807) is 45.0 Å². The third kappa shape index (κ3) is 81.8. The number of nitrogens with one attached hydrogen (secondary N) is 1. The van der Waals surface area contributed by atoms with Crippen LogP contribution in [0.3, 0.4) is 0 Å². The topological polar surface area (TPSA) is 713 Å². The molecular weight excluding hydrogens is 1740 g/mol. The van der Waals surface area contributed by atoms with Crippen LogP contribution in [0.15, 0.2) is 110 Å². The molecule has 42 nitrogen and oxygen atoms in total. The van der Waals surface area contributed by atoms with Crippen molar-refractivity contribution >= 4 is 127 Å². The number of hydrazine groups is 1. The Kier molecular flexibility index (Phi) is 133. The van der Waals surface area contributed by atoms with Gasteiger partial charge in [0.2, 0.25) is 5.78 Å². The van der Waals surface area contributed by atoms with Crippen molar-refractivity contribution in [3.63, 3.8) is 0 Å². The van der Waals surface area contributed by atoms with Gasteiger partial charge < -0.3 is 77.2 Å². The smallest absolute Gasteiger partial charge is 0.870 e. The predicted octanol–water partition coefficient (Wildman–Crippen LogP) is 4.43. The molecule has 1 saturated heterocycles. The van der Waals surface area contributed by atoms with Crippen molar-refractivity contribution in [2.75, 3.05) is 32.2 Å². The number of ether oxygens (including phenoxy) is 3. The minimum absolute atomic E-state index is 0. The number of anilines is 1. The number of H-pyrrole nitrogens is 1. The van der Waals surface area contributed by atoms with Crippen molar-refractivity contribution in [2.45, 2.75) is 179 Å². The second kappa shape index (κ2) is 98.8. The van der Waals surface area contributed by atoms with Gasteiger partial charge in [0.25, 0.3) is 25.3 Å². The van der Waals surface area contributed by atoms with Crippen LogP contribution < -0.4 is 120 Å². The fourth-order valence-corrected chi connectivity index (χ4v) is 5.68. The zero-order chi connectivity index (χ0) is 85.4. The average Bonchev–Trinajstić information content (AvgIpc) is 0.820. The number of aromatic nitrogens is 8. The summed E-state index contributed by atoms with van der Waals surface area (Å²) in [6.45, 7) is 25.5. The molecule has 0 atom stereocenters. The summed E-state index contributed by atoms with van der Waals surface area (Å²) in [5.74, 6) is 15.6. The SMILES string of the molecule is C.C.C.C.C.C.C.C/C(=N/N)C(=O)O.C1CCOC1.CC.CC.CC#N.CCOC(=O)/C(C)=N\N.CCOC(=O)C(C)=O.Cc1n[nH]c(=O)oc1=O.Cc1nn(C)c(=O)c(C#N)c1O.Cc1nn(C)c(=O)c(C(N)=Nc2ccccc2Br)c1O.Cc1nn(C)c(=O)oc1=O.F.NN.Nc1ccccc1Br.O=C(O)C(=O)O.[2HH].[B].[B].[CH3][Al]([CH3])[CH3].[K+].[OH-]. The minimum atomic E-state index is -1.82. The Bertz CT molecular complexity index is 4190. The third-order valence-electron chi connectivity index (χ3n) is 9.82. The number of hydrogen-bond acceptors (Lipinski definition) is 34. The number of nitrogens with zero attached hydrogens (tertiary/aromatic N) is 12. The van der Waals surface area contributed by atoms with Crippen molar-refractivity contribution < 1.29 is 140 Å². The number of ketones is 1. The first-order valence-electron chi connectivity index (χ1n) is 30.9. The quantitative estimate of drug-likeness (QED) is 0.0154. The van der Waals surface area contributed by atoms with E-state index in [1.807, 2.05) is 69.2 Å². The number of benzene rings is 2. The summed E-state index contributed by atoms with van der Waals surface area (Å²) in [6.07, 6.45) is 2.56. The molecule has 2 aromatic carbocycles. The molecule has 119 heavy (non-hydrogen) atoms. The van der Waals surface area contributed by atoms with Crippen LogP contribution in [0.5, 0.6) is 11.5 Å². The number of halogens is 3. The van der Waals surface area contributed by atoms with Crippen molar-refractivity contribution in [3.8, 4) is 23.6 Å². The van der Waals surface area contributed by atoms with E-state index in [2.05, 4.69) is 121 Å². The van der Waals surface area contributed by atoms with Gasteiger partial charge in [-0.3, -0.25) is 30.8 Å². The number of para-hydroxylation sites is 2. The number of amidine groups is 1. The van der Waals surface area contributed by atoms with E-state index in [0.717, 1.165) is 41.9 Å². The molecule has 0 amide bonds. The van der Waals surface area contributed by atoms with E-state index < -0.39 is 69.5 Å². The van der Waals surface area contributed by atoms with Crippen LogP contribution in [0.4, 0.5) is 16.1 Å². The van der Waals surface area contributed by atoms with Gasteiger partial charge in [-0.2, -0.15) is 41.1 Å². The normalized spacial score (nSPS) is 8.94. The van der Waals surface area contributed by atoms with Gasteiger partial charge in [-0.05, 0) is 124 Å². The monoisotopic (exact) mass is 1870 g/mol. The van der Waals surface area contributed by atoms with Crippen molar-refractivity contribution in [3.05, 3.63) is 154 Å². The molecule has 5 heterocycles. The van der Waals surface area contributed by atoms with Gasteiger partial charge in [-0.1, -0.05) is 104 Å². The summed E-state index contributed by atoms with van der Waals surface area (Å²) >= 11 is 6.47. The summed E-state index contributed by atoms with van der Waals surface area (Å²) in [5, 5.41) is 80.2. The molecule has 6 aromatic rings. The van der Waals surface area contributed by atoms with E-state index in [-0.39, 0.29) is 210 Å². The molecule has 1 aliphatic rings. The number of hydrogen-bond donors (Lipinski definition) is 12. The fraction of sp³-hybridized carbons (Fsp3) is 0.471. The number of carboxylic acids is 3. The van der Waals surface area contributed by atoms with E-state index in [4.69, 9.17) is 57.5 Å². The van der Waals surface area contributed by atoms with Gasteiger partial charge >= 0.3 is 104 Å². The summed E-state index contributed by atoms with van der Waals surface area (Å²) in [4.78, 5) is 128. The van der Waals surface area contributed by atoms with Crippen LogP contribution >= 0.6 is 31.9 Å². The molecular formula is C70H130AlB2Br2FKN19O23. The van der Waals surface area contributed by atoms with Crippen LogP contribution in [0, 0.1) is 50.4 Å². The molecule has 674 valence electrons. The Labute approximate surface area is 765 Å². The predicted molar refractivity (Wildman–Crippen MR) is 473 cm³/mol. The molecule has 0 saturated carbocycles. The number of nitriles is 2. The number of carbonyl (C=O) groups excluding carboxylic acids is 3. The number of esters is 2. The van der Waals surface area contributed by atoms with Gasteiger partial charge in [0, 0.05) is 81.1 Å². The minimum Gasteiger partial charge on any atom is -0.870 e. The number of nitrogen functional groups attached to an aromatic ring is 1. The maximum atomic E-state index is 12.0. The first kappa shape index (κ1) is 161. The second-order valence-corrected chi connectivity index (χ2v) is 24.2. The maximum Gasteiger partial charge on any atom is 1.00 e. The maximum absolute atomic E-state index is 12.0. The number of aromatic amines is 1. The van der Waals surface area contributed by atoms with Crippen LogP contribution in [-0.4, -0.2) is 181 Å². The van der Waals surface area contributed by atoms with Crippen molar-refractivity contribution in [1.82, 2.24) is 39.5 Å². The number of nitrogens with two attached hydrogens (primary N) is 6. The molecule has 4 aromatic heterocycles. The first-order chi connectivity index (χ1) is 50.0. The number of aryl methyl sites for hydroxylation is 7. The second-order valence-electron chi connectivity index (χ2n) is 19.0. The molecule has 6 radical (unpaired) electrons. The van der Waals surface area contributed by atoms with Crippen LogP contribution in [0.1, 0.15) is 169 Å². The number of Topliss-reactive ketones (excluding diaryl/α,β-unsaturated/α-hetero) is 1. The van der Waals surface area contributed by atoms with Crippen molar-refractivity contribution in [2.24, 2.45) is 65.4 Å². The Morgan fingerprint density at radius 2 is 0.992 bits per heavy atom. The van der Waals surface area contributed by atoms with E-state index in [9.17, 15) is 58.2 Å². The summed E-state index contributed by atoms with van der Waals surface area (Å²) < 4.78 is 26.9. The van der Waals surface area contributed by atoms with Gasteiger partial charge in [0.05, 0.1) is 25.0 Å². The van der Waals surface area contributed by atoms with Gasteiger partial charge in [-0.15, -0.1) is 17.4 Å². The molecule has 1 fully saturated rings. The number of aromatic hydroxyl groups is 2. The van der Waals surface area contributed by atoms with E-state index >= 15 is 0 Å². The summed E-state index contributed by atoms with van der Waals surface area (Å²) in [5.41, 5.74) is 11.0. The largest absolute Gasteiger partial charge is 1.00 e. The Morgan fingerprint density at radius 3 is 1.28 bits per heavy atom. The van der Waals surface area contributed by atoms with Gasteiger partial charge in [0.15, 0.2) is 17.1 Å². The van der Waals surface area contributed by atoms with E-state index in [1.165, 1.54) is 82.5 Å². The Morgan fingerprint density at radius 1 is 0.630 bits per heavy atom.